The molecule has 9 N–H and O–H groups in total. The first kappa shape index (κ1) is 24.7. The first-order chi connectivity index (χ1) is 14.1. The number of carbonyl (C=O) groups is 4. The van der Waals surface area contributed by atoms with Crippen LogP contribution in [-0.4, -0.2) is 42.6 Å². The van der Waals surface area contributed by atoms with Gasteiger partial charge >= 0.3 is 12.1 Å². The van der Waals surface area contributed by atoms with Gasteiger partial charge in [0, 0.05) is 18.8 Å². The molecule has 166 valence electrons. The molecular weight excluding hydrogens is 392 g/mol. The number of nitrogens with two attached hydrogens (primary N) is 3. The molecule has 0 fully saturated rings. The molecule has 0 aliphatic rings. The van der Waals surface area contributed by atoms with Crippen molar-refractivity contribution < 1.29 is 23.9 Å². The summed E-state index contributed by atoms with van der Waals surface area (Å²) in [6.07, 6.45) is -1.67. The molecule has 0 radical (unpaired) electrons. The Morgan fingerprint density at radius 2 is 1.80 bits per heavy atom. The highest BCUT2D eigenvalue weighted by atomic mass is 16.6. The Labute approximate surface area is 175 Å². The number of amides is 5. The van der Waals surface area contributed by atoms with Crippen molar-refractivity contribution in [1.82, 2.24) is 10.6 Å². The van der Waals surface area contributed by atoms with Gasteiger partial charge in [0.25, 0.3) is 5.91 Å². The van der Waals surface area contributed by atoms with E-state index in [1.807, 2.05) is 6.07 Å². The summed E-state index contributed by atoms with van der Waals surface area (Å²) in [6, 6.07) is 5.34. The molecule has 0 saturated carbocycles. The maximum Gasteiger partial charge on any atom is 0.405 e. The van der Waals surface area contributed by atoms with Crippen molar-refractivity contribution in [3.63, 3.8) is 0 Å². The summed E-state index contributed by atoms with van der Waals surface area (Å²) >= 11 is 0. The number of hydrogen-bond donors (Lipinski definition) is 6. The third-order valence-corrected chi connectivity index (χ3v) is 4.14. The molecule has 2 unspecified atom stereocenters. The van der Waals surface area contributed by atoms with Crippen LogP contribution in [0.25, 0.3) is 0 Å². The average molecular weight is 422 g/mol. The minimum Gasteiger partial charge on any atom is -0.436 e. The molecule has 1 aromatic rings. The van der Waals surface area contributed by atoms with E-state index in [-0.39, 0.29) is 18.9 Å². The van der Waals surface area contributed by atoms with Crippen LogP contribution in [0.3, 0.4) is 0 Å². The van der Waals surface area contributed by atoms with E-state index in [4.69, 9.17) is 21.9 Å². The lowest BCUT2D eigenvalue weighted by Crippen LogP contribution is -2.50. The van der Waals surface area contributed by atoms with Crippen molar-refractivity contribution >= 4 is 29.6 Å². The minimum absolute atomic E-state index is 0.204. The third-order valence-electron chi connectivity index (χ3n) is 4.14. The molecule has 1 rings (SSSR count). The van der Waals surface area contributed by atoms with E-state index in [9.17, 15) is 19.2 Å². The number of primary amides is 2. The molecule has 0 aliphatic heterocycles. The number of benzene rings is 1. The van der Waals surface area contributed by atoms with Gasteiger partial charge in [-0.1, -0.05) is 26.0 Å². The first-order valence-corrected chi connectivity index (χ1v) is 9.53. The summed E-state index contributed by atoms with van der Waals surface area (Å²) in [5.74, 6) is -1.49. The highest BCUT2D eigenvalue weighted by molar-refractivity contribution is 5.98. The SMILES string of the molecule is CC(C)C(OC(N)=O)C(=O)NC(CCCNC(N)=O)C(=O)Nc1cccc(CN)c1. The molecule has 0 aliphatic carbocycles. The molecule has 0 spiro atoms. The zero-order valence-corrected chi connectivity index (χ0v) is 17.1. The number of hydrogen-bond acceptors (Lipinski definition) is 6. The van der Waals surface area contributed by atoms with Crippen LogP contribution in [0.1, 0.15) is 32.3 Å². The van der Waals surface area contributed by atoms with Gasteiger partial charge in [-0.2, -0.15) is 0 Å². The van der Waals surface area contributed by atoms with Gasteiger partial charge in [-0.3, -0.25) is 9.59 Å². The van der Waals surface area contributed by atoms with Gasteiger partial charge in [-0.15, -0.1) is 0 Å². The third kappa shape index (κ3) is 8.78. The average Bonchev–Trinajstić information content (AvgIpc) is 2.67. The maximum atomic E-state index is 12.8. The lowest BCUT2D eigenvalue weighted by atomic mass is 10.0. The molecule has 11 heteroatoms. The zero-order chi connectivity index (χ0) is 22.7. The monoisotopic (exact) mass is 422 g/mol. The molecule has 0 bridgehead atoms. The van der Waals surface area contributed by atoms with Gasteiger partial charge in [-0.25, -0.2) is 9.59 Å². The smallest absolute Gasteiger partial charge is 0.405 e. The Hall–Kier alpha value is -3.34. The number of anilines is 1. The summed E-state index contributed by atoms with van der Waals surface area (Å²) in [7, 11) is 0. The molecule has 30 heavy (non-hydrogen) atoms. The van der Waals surface area contributed by atoms with Crippen LogP contribution in [0.2, 0.25) is 0 Å². The van der Waals surface area contributed by atoms with Gasteiger partial charge in [0.15, 0.2) is 6.10 Å². The van der Waals surface area contributed by atoms with E-state index in [0.717, 1.165) is 5.56 Å². The quantitative estimate of drug-likeness (QED) is 0.275. The van der Waals surface area contributed by atoms with Crippen LogP contribution in [0, 0.1) is 5.92 Å². The molecule has 0 aromatic heterocycles. The Morgan fingerprint density at radius 3 is 2.37 bits per heavy atom. The van der Waals surface area contributed by atoms with Gasteiger partial charge in [0.05, 0.1) is 0 Å². The second-order valence-corrected chi connectivity index (χ2v) is 6.99. The Bertz CT molecular complexity index is 755. The molecule has 0 heterocycles. The number of rotatable bonds is 11. The maximum absolute atomic E-state index is 12.8. The van der Waals surface area contributed by atoms with Gasteiger partial charge in [0.2, 0.25) is 5.91 Å². The molecular formula is C19H30N6O5. The standard InChI is InChI=1S/C19H30N6O5/c1-11(2)15(30-19(22)29)17(27)25-14(7-4-8-23-18(21)28)16(26)24-13-6-3-5-12(9-13)10-20/h3,5-6,9,11,14-15H,4,7-8,10,20H2,1-2H3,(H2,22,29)(H,24,26)(H,25,27)(H3,21,23,28). The minimum atomic E-state index is -1.15. The Kier molecular flexibility index (Phi) is 10.1. The normalized spacial score (nSPS) is 12.5. The number of urea groups is 1. The number of nitrogens with one attached hydrogen (secondary N) is 3. The molecule has 1 aromatic carbocycles. The number of carbonyl (C=O) groups excluding carboxylic acids is 4. The van der Waals surface area contributed by atoms with Gasteiger partial charge in [-0.05, 0) is 36.5 Å². The van der Waals surface area contributed by atoms with Crippen LogP contribution in [-0.2, 0) is 20.9 Å². The first-order valence-electron chi connectivity index (χ1n) is 9.53. The second kappa shape index (κ2) is 12.3. The predicted octanol–water partition coefficient (Wildman–Crippen LogP) is 0.137. The summed E-state index contributed by atoms with van der Waals surface area (Å²) in [5.41, 5.74) is 17.0. The molecule has 2 atom stereocenters. The highest BCUT2D eigenvalue weighted by Gasteiger charge is 2.30. The van der Waals surface area contributed by atoms with Crippen molar-refractivity contribution in [1.29, 1.82) is 0 Å². The molecule has 11 nitrogen and oxygen atoms in total. The van der Waals surface area contributed by atoms with Gasteiger partial charge in [0.1, 0.15) is 6.04 Å². The Morgan fingerprint density at radius 1 is 1.10 bits per heavy atom. The number of ether oxygens (including phenoxy) is 1. The largest absolute Gasteiger partial charge is 0.436 e. The van der Waals surface area contributed by atoms with E-state index >= 15 is 0 Å². The summed E-state index contributed by atoms with van der Waals surface area (Å²) in [4.78, 5) is 47.3. The summed E-state index contributed by atoms with van der Waals surface area (Å²) in [5, 5.41) is 7.73. The molecule has 0 saturated heterocycles. The van der Waals surface area contributed by atoms with Crippen LogP contribution in [0.15, 0.2) is 24.3 Å². The van der Waals surface area contributed by atoms with Crippen molar-refractivity contribution in [2.24, 2.45) is 23.1 Å². The van der Waals surface area contributed by atoms with E-state index in [0.29, 0.717) is 18.7 Å². The van der Waals surface area contributed by atoms with E-state index in [1.165, 1.54) is 0 Å². The van der Waals surface area contributed by atoms with Gasteiger partial charge < -0.3 is 37.9 Å². The highest BCUT2D eigenvalue weighted by Crippen LogP contribution is 2.13. The van der Waals surface area contributed by atoms with E-state index in [1.54, 1.807) is 32.0 Å². The van der Waals surface area contributed by atoms with Crippen LogP contribution < -0.4 is 33.2 Å². The predicted molar refractivity (Wildman–Crippen MR) is 111 cm³/mol. The van der Waals surface area contributed by atoms with Crippen molar-refractivity contribution in [2.75, 3.05) is 11.9 Å². The summed E-state index contributed by atoms with van der Waals surface area (Å²) < 4.78 is 4.87. The van der Waals surface area contributed by atoms with Crippen LogP contribution in [0.5, 0.6) is 0 Å². The van der Waals surface area contributed by atoms with Crippen LogP contribution >= 0.6 is 0 Å². The second-order valence-electron chi connectivity index (χ2n) is 6.99. The Balaban J connectivity index is 2.90. The van der Waals surface area contributed by atoms with Crippen LogP contribution in [0.4, 0.5) is 15.3 Å². The lowest BCUT2D eigenvalue weighted by Gasteiger charge is -2.24. The van der Waals surface area contributed by atoms with E-state index in [2.05, 4.69) is 16.0 Å². The topological polar surface area (TPSA) is 192 Å². The van der Waals surface area contributed by atoms with Crippen molar-refractivity contribution in [3.8, 4) is 0 Å². The fourth-order valence-corrected chi connectivity index (χ4v) is 2.66. The molecule has 5 amide bonds. The van der Waals surface area contributed by atoms with Crippen molar-refractivity contribution in [3.05, 3.63) is 29.8 Å². The summed E-state index contributed by atoms with van der Waals surface area (Å²) in [6.45, 7) is 3.89. The zero-order valence-electron chi connectivity index (χ0n) is 17.1. The lowest BCUT2D eigenvalue weighted by molar-refractivity contribution is -0.134. The van der Waals surface area contributed by atoms with E-state index < -0.39 is 36.1 Å². The fraction of sp³-hybridized carbons (Fsp3) is 0.474. The van der Waals surface area contributed by atoms with Crippen molar-refractivity contribution in [2.45, 2.75) is 45.4 Å². The fourth-order valence-electron chi connectivity index (χ4n) is 2.66.